The molecular formula is C16H21ClFN. The van der Waals surface area contributed by atoms with E-state index in [2.05, 4.69) is 5.32 Å². The molecule has 104 valence electrons. The number of halogens is 2. The standard InChI is InChI=1S/C16H21ClFN/c17-12-5-8-15(16(18)9-12)14-4-2-1-3-11(14)10-19-13-6-7-13/h5,8-9,11,13-14,19H,1-4,6-7,10H2. The molecule has 0 bridgehead atoms. The van der Waals surface area contributed by atoms with E-state index in [0.29, 0.717) is 16.9 Å². The lowest BCUT2D eigenvalue weighted by molar-refractivity contribution is 0.289. The van der Waals surface area contributed by atoms with Gasteiger partial charge < -0.3 is 5.32 Å². The lowest BCUT2D eigenvalue weighted by Gasteiger charge is -2.32. The molecule has 2 aliphatic carbocycles. The van der Waals surface area contributed by atoms with Crippen LogP contribution in [0.1, 0.15) is 50.0 Å². The minimum Gasteiger partial charge on any atom is -0.314 e. The molecule has 2 saturated carbocycles. The summed E-state index contributed by atoms with van der Waals surface area (Å²) in [5.74, 6) is 0.804. The second kappa shape index (κ2) is 5.80. The average molecular weight is 282 g/mol. The van der Waals surface area contributed by atoms with Crippen LogP contribution in [0.25, 0.3) is 0 Å². The Hall–Kier alpha value is -0.600. The smallest absolute Gasteiger partial charge is 0.128 e. The molecule has 2 aliphatic rings. The van der Waals surface area contributed by atoms with Crippen molar-refractivity contribution in [3.05, 3.63) is 34.6 Å². The van der Waals surface area contributed by atoms with E-state index < -0.39 is 0 Å². The van der Waals surface area contributed by atoms with Crippen molar-refractivity contribution in [2.24, 2.45) is 5.92 Å². The van der Waals surface area contributed by atoms with Gasteiger partial charge in [-0.3, -0.25) is 0 Å². The van der Waals surface area contributed by atoms with Crippen molar-refractivity contribution < 1.29 is 4.39 Å². The molecule has 19 heavy (non-hydrogen) atoms. The Morgan fingerprint density at radius 2 is 1.95 bits per heavy atom. The summed E-state index contributed by atoms with van der Waals surface area (Å²) in [5.41, 5.74) is 0.867. The molecule has 1 aromatic rings. The van der Waals surface area contributed by atoms with E-state index in [9.17, 15) is 4.39 Å². The van der Waals surface area contributed by atoms with E-state index in [1.807, 2.05) is 12.1 Å². The first-order chi connectivity index (χ1) is 9.24. The number of benzene rings is 1. The fourth-order valence-corrected chi connectivity index (χ4v) is 3.43. The summed E-state index contributed by atoms with van der Waals surface area (Å²) in [6, 6.07) is 5.90. The lowest BCUT2D eigenvalue weighted by atomic mass is 9.75. The minimum atomic E-state index is -0.129. The lowest BCUT2D eigenvalue weighted by Crippen LogP contribution is -2.31. The third kappa shape index (κ3) is 3.29. The van der Waals surface area contributed by atoms with Gasteiger partial charge in [0.25, 0.3) is 0 Å². The summed E-state index contributed by atoms with van der Waals surface area (Å²) in [6.07, 6.45) is 7.44. The van der Waals surface area contributed by atoms with Crippen LogP contribution in [-0.4, -0.2) is 12.6 Å². The van der Waals surface area contributed by atoms with Crippen LogP contribution in [-0.2, 0) is 0 Å². The maximum absolute atomic E-state index is 14.1. The number of nitrogens with one attached hydrogen (secondary N) is 1. The molecule has 1 N–H and O–H groups in total. The SMILES string of the molecule is Fc1cc(Cl)ccc1C1CCCCC1CNC1CC1. The highest BCUT2D eigenvalue weighted by atomic mass is 35.5. The third-order valence-corrected chi connectivity index (χ3v) is 4.75. The van der Waals surface area contributed by atoms with Gasteiger partial charge >= 0.3 is 0 Å². The van der Waals surface area contributed by atoms with Crippen LogP contribution >= 0.6 is 11.6 Å². The van der Waals surface area contributed by atoms with Gasteiger partial charge in [0.05, 0.1) is 0 Å². The number of rotatable bonds is 4. The van der Waals surface area contributed by atoms with Gasteiger partial charge in [0.15, 0.2) is 0 Å². The molecule has 2 fully saturated rings. The first-order valence-corrected chi connectivity index (χ1v) is 7.80. The van der Waals surface area contributed by atoms with Crippen molar-refractivity contribution in [1.82, 2.24) is 5.32 Å². The summed E-state index contributed by atoms with van der Waals surface area (Å²) in [6.45, 7) is 1.04. The van der Waals surface area contributed by atoms with Gasteiger partial charge in [0.1, 0.15) is 5.82 Å². The normalized spacial score (nSPS) is 27.5. The molecule has 1 nitrogen and oxygen atoms in total. The van der Waals surface area contributed by atoms with E-state index in [1.165, 1.54) is 38.2 Å². The Morgan fingerprint density at radius 1 is 1.16 bits per heavy atom. The Kier molecular flexibility index (Phi) is 4.09. The number of hydrogen-bond acceptors (Lipinski definition) is 1. The van der Waals surface area contributed by atoms with Crippen LogP contribution in [0.2, 0.25) is 5.02 Å². The zero-order chi connectivity index (χ0) is 13.2. The summed E-state index contributed by atoms with van der Waals surface area (Å²) in [5, 5.41) is 4.10. The third-order valence-electron chi connectivity index (χ3n) is 4.52. The summed E-state index contributed by atoms with van der Waals surface area (Å²) in [4.78, 5) is 0. The quantitative estimate of drug-likeness (QED) is 0.856. The zero-order valence-corrected chi connectivity index (χ0v) is 11.9. The fourth-order valence-electron chi connectivity index (χ4n) is 3.27. The summed E-state index contributed by atoms with van der Waals surface area (Å²) >= 11 is 5.85. The maximum Gasteiger partial charge on any atom is 0.128 e. The molecule has 3 rings (SSSR count). The Balaban J connectivity index is 1.74. The second-order valence-electron chi connectivity index (χ2n) is 6.00. The van der Waals surface area contributed by atoms with Gasteiger partial charge in [-0.2, -0.15) is 0 Å². The number of hydrogen-bond donors (Lipinski definition) is 1. The van der Waals surface area contributed by atoms with Crippen LogP contribution in [0.5, 0.6) is 0 Å². The van der Waals surface area contributed by atoms with Crippen LogP contribution < -0.4 is 5.32 Å². The molecule has 2 atom stereocenters. The molecule has 0 amide bonds. The molecule has 0 heterocycles. The first-order valence-electron chi connectivity index (χ1n) is 7.42. The van der Waals surface area contributed by atoms with Crippen molar-refractivity contribution in [1.29, 1.82) is 0 Å². The van der Waals surface area contributed by atoms with Crippen LogP contribution in [0.4, 0.5) is 4.39 Å². The van der Waals surface area contributed by atoms with E-state index in [1.54, 1.807) is 0 Å². The largest absolute Gasteiger partial charge is 0.314 e. The van der Waals surface area contributed by atoms with E-state index in [4.69, 9.17) is 11.6 Å². The molecule has 2 unspecified atom stereocenters. The Morgan fingerprint density at radius 3 is 2.68 bits per heavy atom. The Labute approximate surface area is 119 Å². The summed E-state index contributed by atoms with van der Waals surface area (Å²) < 4.78 is 14.1. The van der Waals surface area contributed by atoms with Gasteiger partial charge in [0, 0.05) is 11.1 Å². The maximum atomic E-state index is 14.1. The average Bonchev–Trinajstić information content (AvgIpc) is 3.21. The zero-order valence-electron chi connectivity index (χ0n) is 11.2. The summed E-state index contributed by atoms with van der Waals surface area (Å²) in [7, 11) is 0. The molecule has 0 aromatic heterocycles. The van der Waals surface area contributed by atoms with Crippen LogP contribution in [0, 0.1) is 11.7 Å². The van der Waals surface area contributed by atoms with Gasteiger partial charge in [-0.1, -0.05) is 30.5 Å². The fraction of sp³-hybridized carbons (Fsp3) is 0.625. The highest BCUT2D eigenvalue weighted by Crippen LogP contribution is 2.39. The van der Waals surface area contributed by atoms with Gasteiger partial charge in [-0.05, 0) is 61.8 Å². The van der Waals surface area contributed by atoms with Gasteiger partial charge in [-0.25, -0.2) is 4.39 Å². The van der Waals surface area contributed by atoms with Crippen LogP contribution in [0.3, 0.4) is 0 Å². The molecule has 0 radical (unpaired) electrons. The highest BCUT2D eigenvalue weighted by Gasteiger charge is 2.30. The van der Waals surface area contributed by atoms with Crippen molar-refractivity contribution in [2.45, 2.75) is 50.5 Å². The van der Waals surface area contributed by atoms with E-state index >= 15 is 0 Å². The van der Waals surface area contributed by atoms with E-state index in [-0.39, 0.29) is 5.82 Å². The van der Waals surface area contributed by atoms with Crippen LogP contribution in [0.15, 0.2) is 18.2 Å². The molecule has 3 heteroatoms. The highest BCUT2D eigenvalue weighted by molar-refractivity contribution is 6.30. The van der Waals surface area contributed by atoms with Crippen molar-refractivity contribution in [2.75, 3.05) is 6.54 Å². The monoisotopic (exact) mass is 281 g/mol. The predicted molar refractivity (Wildman–Crippen MR) is 77.1 cm³/mol. The molecule has 1 aromatic carbocycles. The van der Waals surface area contributed by atoms with Crippen molar-refractivity contribution in [3.63, 3.8) is 0 Å². The van der Waals surface area contributed by atoms with Gasteiger partial charge in [0.2, 0.25) is 0 Å². The minimum absolute atomic E-state index is 0.129. The first kappa shape index (κ1) is 13.4. The molecule has 0 saturated heterocycles. The second-order valence-corrected chi connectivity index (χ2v) is 6.44. The predicted octanol–water partition coefficient (Wildman–Crippen LogP) is 4.50. The van der Waals surface area contributed by atoms with Crippen molar-refractivity contribution >= 4 is 11.6 Å². The topological polar surface area (TPSA) is 12.0 Å². The molecular weight excluding hydrogens is 261 g/mol. The van der Waals surface area contributed by atoms with Crippen molar-refractivity contribution in [3.8, 4) is 0 Å². The molecule has 0 aliphatic heterocycles. The van der Waals surface area contributed by atoms with Gasteiger partial charge in [-0.15, -0.1) is 0 Å². The Bertz CT molecular complexity index is 444. The molecule has 0 spiro atoms. The van der Waals surface area contributed by atoms with E-state index in [0.717, 1.165) is 24.6 Å².